The Morgan fingerprint density at radius 3 is 2.33 bits per heavy atom. The molecule has 0 aliphatic carbocycles. The second kappa shape index (κ2) is 8.99. The monoisotopic (exact) mass is 441 g/mol. The number of para-hydroxylation sites is 2. The molecule has 0 bridgehead atoms. The molecule has 1 amide bonds. The molecule has 1 aromatic heterocycles. The van der Waals surface area contributed by atoms with Crippen LogP contribution in [-0.4, -0.2) is 38.4 Å². The Balaban J connectivity index is 1.40. The van der Waals surface area contributed by atoms with Gasteiger partial charge in [-0.25, -0.2) is 13.1 Å². The molecule has 0 unspecified atom stereocenters. The molecule has 156 valence electrons. The standard InChI is InChI=1S/C22H23N3O3S2/c26-22(19-9-4-5-10-20(19)23-17-7-2-1-3-8-17)25-14-12-18(13-15-25)24-30(27,28)21-11-6-16-29-21/h1-11,16,18,23-24H,12-15H2. The zero-order valence-electron chi connectivity index (χ0n) is 16.3. The Labute approximate surface area is 180 Å². The molecule has 0 saturated carbocycles. The molecule has 1 aliphatic rings. The van der Waals surface area contributed by atoms with Crippen LogP contribution in [0.3, 0.4) is 0 Å². The number of anilines is 2. The maximum atomic E-state index is 13.1. The van der Waals surface area contributed by atoms with Crippen molar-refractivity contribution in [2.75, 3.05) is 18.4 Å². The fourth-order valence-corrected chi connectivity index (χ4v) is 5.83. The third-order valence-corrected chi connectivity index (χ3v) is 7.99. The number of benzene rings is 2. The minimum absolute atomic E-state index is 0.0476. The predicted molar refractivity (Wildman–Crippen MR) is 120 cm³/mol. The number of rotatable bonds is 6. The molecule has 2 N–H and O–H groups in total. The lowest BCUT2D eigenvalue weighted by Gasteiger charge is -2.32. The van der Waals surface area contributed by atoms with Crippen molar-refractivity contribution in [3.8, 4) is 0 Å². The van der Waals surface area contributed by atoms with Crippen molar-refractivity contribution in [2.45, 2.75) is 23.1 Å². The quantitative estimate of drug-likeness (QED) is 0.604. The van der Waals surface area contributed by atoms with E-state index in [2.05, 4.69) is 10.0 Å². The van der Waals surface area contributed by atoms with E-state index in [1.54, 1.807) is 22.4 Å². The maximum absolute atomic E-state index is 13.1. The first kappa shape index (κ1) is 20.6. The molecule has 1 aliphatic heterocycles. The van der Waals surface area contributed by atoms with Crippen LogP contribution < -0.4 is 10.0 Å². The molecule has 1 saturated heterocycles. The van der Waals surface area contributed by atoms with Crippen LogP contribution in [0.25, 0.3) is 0 Å². The van der Waals surface area contributed by atoms with Crippen LogP contribution in [0, 0.1) is 0 Å². The highest BCUT2D eigenvalue weighted by molar-refractivity contribution is 7.91. The van der Waals surface area contributed by atoms with Crippen LogP contribution in [0.4, 0.5) is 11.4 Å². The largest absolute Gasteiger partial charge is 0.355 e. The highest BCUT2D eigenvalue weighted by atomic mass is 32.2. The fraction of sp³-hybridized carbons (Fsp3) is 0.227. The van der Waals surface area contributed by atoms with E-state index >= 15 is 0 Å². The summed E-state index contributed by atoms with van der Waals surface area (Å²) in [6.07, 6.45) is 1.18. The number of nitrogens with one attached hydrogen (secondary N) is 2. The molecule has 30 heavy (non-hydrogen) atoms. The van der Waals surface area contributed by atoms with E-state index in [-0.39, 0.29) is 11.9 Å². The van der Waals surface area contributed by atoms with Crippen LogP contribution in [0.2, 0.25) is 0 Å². The normalized spacial score (nSPS) is 15.1. The van der Waals surface area contributed by atoms with Crippen molar-refractivity contribution >= 4 is 38.6 Å². The summed E-state index contributed by atoms with van der Waals surface area (Å²) in [7, 11) is -3.49. The lowest BCUT2D eigenvalue weighted by molar-refractivity contribution is 0.0712. The molecule has 2 aromatic carbocycles. The van der Waals surface area contributed by atoms with E-state index in [9.17, 15) is 13.2 Å². The first-order chi connectivity index (χ1) is 14.5. The van der Waals surface area contributed by atoms with Gasteiger partial charge < -0.3 is 10.2 Å². The molecule has 0 atom stereocenters. The number of carbonyl (C=O) groups is 1. The van der Waals surface area contributed by atoms with E-state index in [0.717, 1.165) is 11.4 Å². The van der Waals surface area contributed by atoms with Crippen molar-refractivity contribution in [3.05, 3.63) is 77.7 Å². The maximum Gasteiger partial charge on any atom is 0.255 e. The van der Waals surface area contributed by atoms with Gasteiger partial charge in [-0.05, 0) is 48.6 Å². The number of piperidine rings is 1. The molecule has 2 heterocycles. The highest BCUT2D eigenvalue weighted by Crippen LogP contribution is 2.24. The summed E-state index contributed by atoms with van der Waals surface area (Å²) in [6.45, 7) is 1.02. The number of carbonyl (C=O) groups excluding carboxylic acids is 1. The van der Waals surface area contributed by atoms with E-state index in [1.165, 1.54) is 11.3 Å². The number of amides is 1. The average molecular weight is 442 g/mol. The van der Waals surface area contributed by atoms with E-state index in [4.69, 9.17) is 0 Å². The molecule has 4 rings (SSSR count). The number of sulfonamides is 1. The summed E-state index contributed by atoms with van der Waals surface area (Å²) in [4.78, 5) is 14.9. The topological polar surface area (TPSA) is 78.5 Å². The van der Waals surface area contributed by atoms with Gasteiger partial charge in [-0.1, -0.05) is 36.4 Å². The number of thiophene rings is 1. The summed E-state index contributed by atoms with van der Waals surface area (Å²) >= 11 is 1.20. The van der Waals surface area contributed by atoms with Gasteiger partial charge in [0.2, 0.25) is 10.0 Å². The van der Waals surface area contributed by atoms with Crippen LogP contribution in [-0.2, 0) is 10.0 Å². The molecule has 3 aromatic rings. The van der Waals surface area contributed by atoms with Gasteiger partial charge in [0.25, 0.3) is 5.91 Å². The van der Waals surface area contributed by atoms with Gasteiger partial charge in [0, 0.05) is 24.8 Å². The van der Waals surface area contributed by atoms with Gasteiger partial charge in [-0.2, -0.15) is 0 Å². The van der Waals surface area contributed by atoms with E-state index in [0.29, 0.717) is 35.7 Å². The predicted octanol–water partition coefficient (Wildman–Crippen LogP) is 4.07. The molecule has 6 nitrogen and oxygen atoms in total. The van der Waals surface area contributed by atoms with Crippen LogP contribution in [0.5, 0.6) is 0 Å². The molecular weight excluding hydrogens is 418 g/mol. The average Bonchev–Trinajstić information content (AvgIpc) is 3.31. The first-order valence-corrected chi connectivity index (χ1v) is 12.2. The number of hydrogen-bond acceptors (Lipinski definition) is 5. The van der Waals surface area contributed by atoms with Crippen molar-refractivity contribution in [2.24, 2.45) is 0 Å². The second-order valence-corrected chi connectivity index (χ2v) is 10.0. The summed E-state index contributed by atoms with van der Waals surface area (Å²) in [6, 6.07) is 20.3. The minimum atomic E-state index is -3.49. The Morgan fingerprint density at radius 2 is 1.63 bits per heavy atom. The highest BCUT2D eigenvalue weighted by Gasteiger charge is 2.28. The fourth-order valence-electron chi connectivity index (χ4n) is 3.52. The lowest BCUT2D eigenvalue weighted by Crippen LogP contribution is -2.46. The zero-order chi connectivity index (χ0) is 21.0. The van der Waals surface area contributed by atoms with E-state index in [1.807, 2.05) is 54.6 Å². The second-order valence-electron chi connectivity index (χ2n) is 7.16. The van der Waals surface area contributed by atoms with Gasteiger partial charge in [0.05, 0.1) is 11.3 Å². The van der Waals surface area contributed by atoms with Gasteiger partial charge in [-0.15, -0.1) is 11.3 Å². The minimum Gasteiger partial charge on any atom is -0.355 e. The van der Waals surface area contributed by atoms with Crippen LogP contribution in [0.15, 0.2) is 76.3 Å². The summed E-state index contributed by atoms with van der Waals surface area (Å²) < 4.78 is 27.9. The summed E-state index contributed by atoms with van der Waals surface area (Å²) in [5.74, 6) is -0.0476. The summed E-state index contributed by atoms with van der Waals surface area (Å²) in [5.41, 5.74) is 2.28. The van der Waals surface area contributed by atoms with Gasteiger partial charge in [0.1, 0.15) is 4.21 Å². The SMILES string of the molecule is O=C(c1ccccc1Nc1ccccc1)N1CCC(NS(=O)(=O)c2cccs2)CC1. The Bertz CT molecular complexity index is 1090. The molecule has 1 fully saturated rings. The number of likely N-dealkylation sites (tertiary alicyclic amines) is 1. The molecular formula is C22H23N3O3S2. The zero-order valence-corrected chi connectivity index (χ0v) is 18.0. The van der Waals surface area contributed by atoms with E-state index < -0.39 is 10.0 Å². The summed E-state index contributed by atoms with van der Waals surface area (Å²) in [5, 5.41) is 5.06. The van der Waals surface area contributed by atoms with Crippen LogP contribution >= 0.6 is 11.3 Å². The van der Waals surface area contributed by atoms with Crippen molar-refractivity contribution in [1.82, 2.24) is 9.62 Å². The van der Waals surface area contributed by atoms with Crippen molar-refractivity contribution < 1.29 is 13.2 Å². The van der Waals surface area contributed by atoms with Gasteiger partial charge >= 0.3 is 0 Å². The molecule has 0 spiro atoms. The van der Waals surface area contributed by atoms with Crippen molar-refractivity contribution in [1.29, 1.82) is 0 Å². The number of hydrogen-bond donors (Lipinski definition) is 2. The van der Waals surface area contributed by atoms with Crippen molar-refractivity contribution in [3.63, 3.8) is 0 Å². The third kappa shape index (κ3) is 4.72. The van der Waals surface area contributed by atoms with Gasteiger partial charge in [-0.3, -0.25) is 4.79 Å². The van der Waals surface area contributed by atoms with Crippen LogP contribution in [0.1, 0.15) is 23.2 Å². The third-order valence-electron chi connectivity index (χ3n) is 5.07. The Kier molecular flexibility index (Phi) is 6.17. The number of nitrogens with zero attached hydrogens (tertiary/aromatic N) is 1. The smallest absolute Gasteiger partial charge is 0.255 e. The Morgan fingerprint density at radius 1 is 0.933 bits per heavy atom. The molecule has 8 heteroatoms. The lowest BCUT2D eigenvalue weighted by atomic mass is 10.0. The Hall–Kier alpha value is -2.68. The van der Waals surface area contributed by atoms with Gasteiger partial charge in [0.15, 0.2) is 0 Å². The first-order valence-electron chi connectivity index (χ1n) is 9.79. The molecule has 0 radical (unpaired) electrons.